The Kier molecular flexibility index (Phi) is 4.48. The Morgan fingerprint density at radius 1 is 1.50 bits per heavy atom. The molecule has 1 heterocycles. The second-order valence-electron chi connectivity index (χ2n) is 3.71. The van der Waals surface area contributed by atoms with Gasteiger partial charge in [0.25, 0.3) is 0 Å². The van der Waals surface area contributed by atoms with E-state index in [-0.39, 0.29) is 11.9 Å². The van der Waals surface area contributed by atoms with Crippen LogP contribution >= 0.6 is 0 Å². The third kappa shape index (κ3) is 3.39. The third-order valence-corrected chi connectivity index (χ3v) is 2.52. The Morgan fingerprint density at radius 2 is 2.14 bits per heavy atom. The van der Waals surface area contributed by atoms with Gasteiger partial charge >= 0.3 is 0 Å². The summed E-state index contributed by atoms with van der Waals surface area (Å²) in [4.78, 5) is 13.5. The zero-order valence-electron chi connectivity index (χ0n) is 8.75. The van der Waals surface area contributed by atoms with Crippen LogP contribution in [-0.2, 0) is 4.79 Å². The molecule has 1 fully saturated rings. The van der Waals surface area contributed by atoms with Gasteiger partial charge in [0.15, 0.2) is 0 Å². The van der Waals surface area contributed by atoms with Crippen molar-refractivity contribution in [3.8, 4) is 12.3 Å². The zero-order valence-corrected chi connectivity index (χ0v) is 8.75. The molecule has 1 amide bonds. The van der Waals surface area contributed by atoms with Crippen LogP contribution in [0.3, 0.4) is 0 Å². The van der Waals surface area contributed by atoms with Gasteiger partial charge in [0.2, 0.25) is 5.91 Å². The molecule has 78 valence electrons. The first-order chi connectivity index (χ1) is 6.74. The van der Waals surface area contributed by atoms with Gasteiger partial charge in [-0.1, -0.05) is 5.92 Å². The van der Waals surface area contributed by atoms with Crippen molar-refractivity contribution in [3.05, 3.63) is 0 Å². The smallest absolute Gasteiger partial charge is 0.236 e. The van der Waals surface area contributed by atoms with Crippen LogP contribution in [0.2, 0.25) is 0 Å². The van der Waals surface area contributed by atoms with E-state index in [1.807, 2.05) is 11.8 Å². The molecule has 0 aromatic rings. The number of carbonyl (C=O) groups excluding carboxylic acids is 1. The molecular weight excluding hydrogens is 176 g/mol. The van der Waals surface area contributed by atoms with Gasteiger partial charge in [-0.2, -0.15) is 0 Å². The van der Waals surface area contributed by atoms with E-state index in [1.54, 1.807) is 0 Å². The fraction of sp³-hybridized carbons (Fsp3) is 0.727. The summed E-state index contributed by atoms with van der Waals surface area (Å²) in [6.45, 7) is 4.06. The van der Waals surface area contributed by atoms with E-state index in [4.69, 9.17) is 6.42 Å². The lowest BCUT2D eigenvalue weighted by Crippen LogP contribution is -2.42. The quantitative estimate of drug-likeness (QED) is 0.668. The minimum atomic E-state index is -0.0243. The predicted molar refractivity (Wildman–Crippen MR) is 56.7 cm³/mol. The summed E-state index contributed by atoms with van der Waals surface area (Å²) in [6, 6.07) is -0.0243. The van der Waals surface area contributed by atoms with E-state index in [0.717, 1.165) is 25.9 Å². The maximum atomic E-state index is 11.6. The fourth-order valence-corrected chi connectivity index (χ4v) is 1.55. The number of terminal acetylenes is 1. The number of nitrogens with one attached hydrogen (secondary N) is 1. The average molecular weight is 194 g/mol. The third-order valence-electron chi connectivity index (χ3n) is 2.52. The van der Waals surface area contributed by atoms with Crippen molar-refractivity contribution in [1.29, 1.82) is 0 Å². The number of hydrogen-bond acceptors (Lipinski definition) is 2. The molecule has 0 aromatic carbocycles. The Labute approximate surface area is 85.9 Å². The molecular formula is C11H18N2O. The number of piperidine rings is 1. The highest BCUT2D eigenvalue weighted by Gasteiger charge is 2.15. The van der Waals surface area contributed by atoms with Crippen molar-refractivity contribution in [2.75, 3.05) is 19.6 Å². The largest absolute Gasteiger partial charge is 0.342 e. The van der Waals surface area contributed by atoms with Gasteiger partial charge in [-0.3, -0.25) is 10.1 Å². The molecule has 0 aliphatic carbocycles. The summed E-state index contributed by atoms with van der Waals surface area (Å²) >= 11 is 0. The number of carbonyl (C=O) groups is 1. The first kappa shape index (κ1) is 11.1. The number of nitrogens with zero attached hydrogens (tertiary/aromatic N) is 1. The van der Waals surface area contributed by atoms with Crippen molar-refractivity contribution >= 4 is 5.91 Å². The number of rotatable bonds is 3. The SMILES string of the molecule is C#CC(C)NCC(=O)N1CCCCC1. The lowest BCUT2D eigenvalue weighted by molar-refractivity contribution is -0.131. The maximum absolute atomic E-state index is 11.6. The van der Waals surface area contributed by atoms with E-state index in [2.05, 4.69) is 11.2 Å². The van der Waals surface area contributed by atoms with Crippen LogP contribution in [0.1, 0.15) is 26.2 Å². The van der Waals surface area contributed by atoms with Gasteiger partial charge in [-0.15, -0.1) is 6.42 Å². The van der Waals surface area contributed by atoms with E-state index >= 15 is 0 Å². The average Bonchev–Trinajstić information content (AvgIpc) is 2.26. The molecule has 1 N–H and O–H groups in total. The van der Waals surface area contributed by atoms with Crippen molar-refractivity contribution < 1.29 is 4.79 Å². The molecule has 0 bridgehead atoms. The minimum Gasteiger partial charge on any atom is -0.342 e. The first-order valence-electron chi connectivity index (χ1n) is 5.21. The van der Waals surface area contributed by atoms with Gasteiger partial charge in [-0.05, 0) is 26.2 Å². The van der Waals surface area contributed by atoms with Crippen molar-refractivity contribution in [3.63, 3.8) is 0 Å². The van der Waals surface area contributed by atoms with E-state index < -0.39 is 0 Å². The molecule has 1 aliphatic rings. The molecule has 1 saturated heterocycles. The number of likely N-dealkylation sites (tertiary alicyclic amines) is 1. The summed E-state index contributed by atoms with van der Waals surface area (Å²) in [5.74, 6) is 2.71. The van der Waals surface area contributed by atoms with Crippen molar-refractivity contribution in [2.24, 2.45) is 0 Å². The van der Waals surface area contributed by atoms with E-state index in [1.165, 1.54) is 6.42 Å². The van der Waals surface area contributed by atoms with Gasteiger partial charge in [0.05, 0.1) is 12.6 Å². The normalized spacial score (nSPS) is 18.7. The molecule has 1 rings (SSSR count). The summed E-state index contributed by atoms with van der Waals surface area (Å²) in [5.41, 5.74) is 0. The van der Waals surface area contributed by atoms with E-state index in [9.17, 15) is 4.79 Å². The van der Waals surface area contributed by atoms with Gasteiger partial charge < -0.3 is 4.90 Å². The molecule has 3 nitrogen and oxygen atoms in total. The summed E-state index contributed by atoms with van der Waals surface area (Å²) in [6.07, 6.45) is 8.72. The van der Waals surface area contributed by atoms with Crippen LogP contribution in [0.25, 0.3) is 0 Å². The molecule has 0 saturated carbocycles. The zero-order chi connectivity index (χ0) is 10.4. The van der Waals surface area contributed by atoms with Crippen LogP contribution in [0.4, 0.5) is 0 Å². The Bertz CT molecular complexity index is 226. The summed E-state index contributed by atoms with van der Waals surface area (Å²) in [7, 11) is 0. The van der Waals surface area contributed by atoms with Gasteiger partial charge in [-0.25, -0.2) is 0 Å². The highest BCUT2D eigenvalue weighted by Crippen LogP contribution is 2.08. The van der Waals surface area contributed by atoms with Crippen LogP contribution < -0.4 is 5.32 Å². The minimum absolute atomic E-state index is 0.0243. The maximum Gasteiger partial charge on any atom is 0.236 e. The topological polar surface area (TPSA) is 32.3 Å². The van der Waals surface area contributed by atoms with Crippen LogP contribution in [0, 0.1) is 12.3 Å². The van der Waals surface area contributed by atoms with Gasteiger partial charge in [0, 0.05) is 13.1 Å². The molecule has 0 aromatic heterocycles. The van der Waals surface area contributed by atoms with E-state index in [0.29, 0.717) is 6.54 Å². The Morgan fingerprint density at radius 3 is 2.71 bits per heavy atom. The lowest BCUT2D eigenvalue weighted by Gasteiger charge is -2.27. The Hall–Kier alpha value is -1.01. The second-order valence-corrected chi connectivity index (χ2v) is 3.71. The highest BCUT2D eigenvalue weighted by atomic mass is 16.2. The second kappa shape index (κ2) is 5.66. The number of hydrogen-bond donors (Lipinski definition) is 1. The highest BCUT2D eigenvalue weighted by molar-refractivity contribution is 5.78. The Balaban J connectivity index is 2.24. The fourth-order valence-electron chi connectivity index (χ4n) is 1.55. The first-order valence-corrected chi connectivity index (χ1v) is 5.21. The lowest BCUT2D eigenvalue weighted by atomic mass is 10.1. The summed E-state index contributed by atoms with van der Waals surface area (Å²) < 4.78 is 0. The predicted octanol–water partition coefficient (Wildman–Crippen LogP) is 0.610. The van der Waals surface area contributed by atoms with Crippen LogP contribution in [0.15, 0.2) is 0 Å². The van der Waals surface area contributed by atoms with Crippen molar-refractivity contribution in [1.82, 2.24) is 10.2 Å². The molecule has 0 radical (unpaired) electrons. The van der Waals surface area contributed by atoms with Crippen molar-refractivity contribution in [2.45, 2.75) is 32.2 Å². The molecule has 1 aliphatic heterocycles. The standard InChI is InChI=1S/C11H18N2O/c1-3-10(2)12-9-11(14)13-7-5-4-6-8-13/h1,10,12H,4-9H2,2H3. The van der Waals surface area contributed by atoms with Crippen LogP contribution in [0.5, 0.6) is 0 Å². The molecule has 1 unspecified atom stereocenters. The number of amides is 1. The van der Waals surface area contributed by atoms with Crippen LogP contribution in [-0.4, -0.2) is 36.5 Å². The monoisotopic (exact) mass is 194 g/mol. The molecule has 1 atom stereocenters. The molecule has 3 heteroatoms. The summed E-state index contributed by atoms with van der Waals surface area (Å²) in [5, 5.41) is 3.00. The molecule has 14 heavy (non-hydrogen) atoms. The van der Waals surface area contributed by atoms with Gasteiger partial charge in [0.1, 0.15) is 0 Å². The molecule has 0 spiro atoms.